The Hall–Kier alpha value is -4.38. The zero-order chi connectivity index (χ0) is 45.7. The first-order valence-corrected chi connectivity index (χ1v) is 23.7. The van der Waals surface area contributed by atoms with E-state index in [9.17, 15) is 49.2 Å². The standard InChI is InChI=1S/C48H54N2O12S2/c1-43(30(53)9-14-47-18-22-15-28(39(43)47)61-45(22,3)20-47)12-10-33(55)50-36-27(52)8-6-25(38(36)58)42(60)64-32-17-31(54)44(2,40-29-16-23-19-48(32,40)21-46(23,4)62-29)13-11-34(56)49-35-26(51)7-5-24(37(35)57)41(59)63/h5-9,14,22-23,28-29,32,39-40,51-52,57-58H,10-13,15-21H2,1-4H3,(H,49,56)(H,50,55)(H,59,63). The zero-order valence-corrected chi connectivity index (χ0v) is 37.9. The lowest BCUT2D eigenvalue weighted by Gasteiger charge is -2.60. The SMILES string of the molecule is CC12CC34C=CC(=O)C(C)(CCC(=O)Nc5c(O)ccc(C(=O)SC6CC(=O)C(C)(CCC(=O)Nc7c(O)ccc(C(=O)S)c7O)C7C8CC9CC67CC9(C)O8)c5O)C3C(CC1C4)O2. The number of phenolic OH excluding ortho intramolecular Hbond substituents is 4. The van der Waals surface area contributed by atoms with Crippen molar-refractivity contribution in [2.45, 2.75) is 127 Å². The van der Waals surface area contributed by atoms with E-state index in [-0.39, 0.29) is 107 Å². The van der Waals surface area contributed by atoms with Crippen molar-refractivity contribution in [3.05, 3.63) is 47.5 Å². The van der Waals surface area contributed by atoms with Crippen LogP contribution in [0.25, 0.3) is 0 Å². The van der Waals surface area contributed by atoms with Gasteiger partial charge in [0, 0.05) is 47.2 Å². The van der Waals surface area contributed by atoms with Crippen LogP contribution in [-0.2, 0) is 28.7 Å². The number of hydrogen-bond acceptors (Lipinski definition) is 13. The first kappa shape index (κ1) is 43.5. The molecular weight excluding hydrogens is 861 g/mol. The number of aromatic hydroxyl groups is 4. The fourth-order valence-electron chi connectivity index (χ4n) is 15.0. The normalized spacial score (nSPS) is 40.4. The summed E-state index contributed by atoms with van der Waals surface area (Å²) in [5.41, 5.74) is -4.20. The number of thioether (sulfide) groups is 1. The molecule has 6 N–H and O–H groups in total. The maximum absolute atomic E-state index is 14.5. The zero-order valence-electron chi connectivity index (χ0n) is 36.2. The van der Waals surface area contributed by atoms with Crippen LogP contribution < -0.4 is 10.6 Å². The molecule has 2 amide bonds. The Balaban J connectivity index is 0.847. The third-order valence-electron chi connectivity index (χ3n) is 17.6. The molecule has 8 bridgehead atoms. The highest BCUT2D eigenvalue weighted by Gasteiger charge is 2.76. The van der Waals surface area contributed by atoms with Crippen LogP contribution in [0.5, 0.6) is 23.0 Å². The van der Waals surface area contributed by atoms with E-state index in [2.05, 4.69) is 43.2 Å². The van der Waals surface area contributed by atoms with Crippen molar-refractivity contribution in [1.29, 1.82) is 0 Å². The summed E-state index contributed by atoms with van der Waals surface area (Å²) in [4.78, 5) is 81.3. The topological polar surface area (TPSA) is 226 Å². The number of carbonyl (C=O) groups excluding carboxylic acids is 6. The number of Topliss-reactive ketones (excluding diaryl/α,β-unsaturated/α-hetero) is 1. The summed E-state index contributed by atoms with van der Waals surface area (Å²) in [7, 11) is 0. The summed E-state index contributed by atoms with van der Waals surface area (Å²) in [6.07, 6.45) is 8.26. The Kier molecular flexibility index (Phi) is 9.73. The van der Waals surface area contributed by atoms with Crippen molar-refractivity contribution in [2.24, 2.45) is 45.3 Å². The number of carbonyl (C=O) groups is 6. The minimum atomic E-state index is -1.04. The van der Waals surface area contributed by atoms with Crippen molar-refractivity contribution < 1.29 is 58.7 Å². The van der Waals surface area contributed by atoms with Gasteiger partial charge >= 0.3 is 0 Å². The van der Waals surface area contributed by atoms with Gasteiger partial charge in [-0.1, -0.05) is 31.7 Å². The number of phenols is 4. The summed E-state index contributed by atoms with van der Waals surface area (Å²) >= 11 is 4.72. The summed E-state index contributed by atoms with van der Waals surface area (Å²) in [5, 5.41) is 46.7. The van der Waals surface area contributed by atoms with Gasteiger partial charge in [-0.2, -0.15) is 0 Å². The Labute approximate surface area is 380 Å². The third kappa shape index (κ3) is 6.13. The monoisotopic (exact) mass is 914 g/mol. The maximum atomic E-state index is 14.5. The van der Waals surface area contributed by atoms with E-state index >= 15 is 0 Å². The van der Waals surface area contributed by atoms with Gasteiger partial charge in [0.05, 0.1) is 34.5 Å². The van der Waals surface area contributed by atoms with Crippen molar-refractivity contribution in [1.82, 2.24) is 0 Å². The molecule has 2 aromatic rings. The van der Waals surface area contributed by atoms with Gasteiger partial charge in [-0.15, -0.1) is 12.6 Å². The summed E-state index contributed by atoms with van der Waals surface area (Å²) in [5.74, 6) is -3.18. The Bertz CT molecular complexity index is 2510. The molecule has 0 radical (unpaired) electrons. The van der Waals surface area contributed by atoms with Gasteiger partial charge in [-0.05, 0) is 118 Å². The fraction of sp³-hybridized carbons (Fsp3) is 0.583. The molecule has 14 nitrogen and oxygen atoms in total. The molecule has 4 saturated heterocycles. The number of nitrogens with one attached hydrogen (secondary N) is 2. The Morgan fingerprint density at radius 1 is 0.750 bits per heavy atom. The molecule has 6 aliphatic carbocycles. The second-order valence-electron chi connectivity index (χ2n) is 21.2. The Morgan fingerprint density at radius 3 is 1.89 bits per heavy atom. The average Bonchev–Trinajstić information content (AvgIpc) is 3.79. The molecule has 4 heterocycles. The van der Waals surface area contributed by atoms with Crippen LogP contribution in [0.15, 0.2) is 36.4 Å². The van der Waals surface area contributed by atoms with Crippen LogP contribution in [0.3, 0.4) is 0 Å². The quantitative estimate of drug-likeness (QED) is 0.0874. The molecule has 2 aromatic carbocycles. The molecule has 13 unspecified atom stereocenters. The van der Waals surface area contributed by atoms with Crippen LogP contribution in [-0.4, -0.2) is 82.7 Å². The van der Waals surface area contributed by atoms with E-state index in [1.807, 2.05) is 13.8 Å². The van der Waals surface area contributed by atoms with Crippen LogP contribution in [0.2, 0.25) is 0 Å². The predicted molar refractivity (Wildman–Crippen MR) is 237 cm³/mol. The van der Waals surface area contributed by atoms with E-state index in [4.69, 9.17) is 9.47 Å². The highest BCUT2D eigenvalue weighted by molar-refractivity contribution is 8.14. The molecule has 9 fully saturated rings. The number of ketones is 2. The number of rotatable bonds is 11. The third-order valence-corrected chi connectivity index (χ3v) is 19.2. The largest absolute Gasteiger partial charge is 0.506 e. The Morgan fingerprint density at radius 2 is 1.30 bits per heavy atom. The molecule has 340 valence electrons. The summed E-state index contributed by atoms with van der Waals surface area (Å²) in [6.45, 7) is 8.01. The summed E-state index contributed by atoms with van der Waals surface area (Å²) in [6, 6.07) is 4.89. The molecule has 5 saturated carbocycles. The predicted octanol–water partition coefficient (Wildman–Crippen LogP) is 7.23. The molecule has 4 aliphatic heterocycles. The van der Waals surface area contributed by atoms with Gasteiger partial charge in [-0.3, -0.25) is 28.8 Å². The van der Waals surface area contributed by atoms with Gasteiger partial charge < -0.3 is 40.5 Å². The van der Waals surface area contributed by atoms with Gasteiger partial charge in [0.2, 0.25) is 22.0 Å². The molecule has 10 aliphatic rings. The van der Waals surface area contributed by atoms with E-state index in [0.717, 1.165) is 43.5 Å². The minimum Gasteiger partial charge on any atom is -0.506 e. The number of allylic oxidation sites excluding steroid dienone is 2. The molecule has 12 rings (SSSR count). The van der Waals surface area contributed by atoms with E-state index in [1.54, 1.807) is 6.08 Å². The lowest BCUT2D eigenvalue weighted by molar-refractivity contribution is -0.189. The molecule has 16 heteroatoms. The van der Waals surface area contributed by atoms with Crippen LogP contribution in [0.1, 0.15) is 119 Å². The number of anilines is 2. The van der Waals surface area contributed by atoms with Crippen LogP contribution >= 0.6 is 24.4 Å². The minimum absolute atomic E-state index is 0.0113. The molecule has 13 atom stereocenters. The molecular formula is C48H54N2O12S2. The lowest BCUT2D eigenvalue weighted by Crippen LogP contribution is -2.63. The smallest absolute Gasteiger partial charge is 0.224 e. The first-order valence-electron chi connectivity index (χ1n) is 22.3. The van der Waals surface area contributed by atoms with Gasteiger partial charge in [0.25, 0.3) is 0 Å². The summed E-state index contributed by atoms with van der Waals surface area (Å²) < 4.78 is 13.2. The molecule has 64 heavy (non-hydrogen) atoms. The van der Waals surface area contributed by atoms with Crippen molar-refractivity contribution in [2.75, 3.05) is 10.6 Å². The second-order valence-corrected chi connectivity index (χ2v) is 22.7. The van der Waals surface area contributed by atoms with Gasteiger partial charge in [0.1, 0.15) is 28.7 Å². The second kappa shape index (κ2) is 14.3. The van der Waals surface area contributed by atoms with Crippen LogP contribution in [0, 0.1) is 45.3 Å². The highest BCUT2D eigenvalue weighted by atomic mass is 32.2. The van der Waals surface area contributed by atoms with Crippen molar-refractivity contribution in [3.8, 4) is 23.0 Å². The molecule has 2 spiro atoms. The number of amides is 2. The van der Waals surface area contributed by atoms with E-state index in [1.165, 1.54) is 18.2 Å². The number of thiol groups is 1. The lowest BCUT2D eigenvalue weighted by atomic mass is 9.48. The maximum Gasteiger partial charge on any atom is 0.224 e. The fourth-order valence-corrected chi connectivity index (χ4v) is 16.5. The number of hydrogen-bond donors (Lipinski definition) is 7. The van der Waals surface area contributed by atoms with Crippen molar-refractivity contribution in [3.63, 3.8) is 0 Å². The van der Waals surface area contributed by atoms with Crippen molar-refractivity contribution >= 4 is 69.4 Å². The number of ether oxygens (including phenoxy) is 2. The molecule has 0 aromatic heterocycles. The van der Waals surface area contributed by atoms with E-state index in [0.29, 0.717) is 18.8 Å². The van der Waals surface area contributed by atoms with Gasteiger partial charge in [0.15, 0.2) is 17.3 Å². The van der Waals surface area contributed by atoms with E-state index < -0.39 is 72.1 Å². The van der Waals surface area contributed by atoms with Crippen LogP contribution in [0.4, 0.5) is 11.4 Å². The average molecular weight is 915 g/mol. The first-order chi connectivity index (χ1) is 30.1. The number of benzene rings is 2. The van der Waals surface area contributed by atoms with Gasteiger partial charge in [-0.25, -0.2) is 0 Å². The highest BCUT2D eigenvalue weighted by Crippen LogP contribution is 2.75.